The molecule has 3 heterocycles. The van der Waals surface area contributed by atoms with Crippen LogP contribution in [0.25, 0.3) is 0 Å². The van der Waals surface area contributed by atoms with Crippen LogP contribution in [0.2, 0.25) is 0 Å². The van der Waals surface area contributed by atoms with Gasteiger partial charge in [-0.3, -0.25) is 4.79 Å². The first kappa shape index (κ1) is 47.4. The molecule has 54 heavy (non-hydrogen) atoms. The smallest absolute Gasteiger partial charge is 0.311 e. The zero-order valence-corrected chi connectivity index (χ0v) is 35.6. The van der Waals surface area contributed by atoms with E-state index in [0.717, 1.165) is 6.42 Å². The molecule has 14 nitrogen and oxygen atoms in total. The largest absolute Gasteiger partial charge is 0.459 e. The Labute approximate surface area is 324 Å². The summed E-state index contributed by atoms with van der Waals surface area (Å²) in [5.41, 5.74) is -4.38. The van der Waals surface area contributed by atoms with Crippen molar-refractivity contribution in [2.75, 3.05) is 34.3 Å². The number of carbonyl (C=O) groups is 1. The quantitative estimate of drug-likeness (QED) is 0.216. The number of ether oxygens (including phenoxy) is 6. The van der Waals surface area contributed by atoms with Crippen molar-refractivity contribution in [3.8, 4) is 0 Å². The SMILES string of the molecule is CCCN1C[C@H](C)[C@@H](O)[C@](C)(O)[C@@H](CC)OC(=O)[C@H](C)[C@@H](O[C@@H]2C[C@@](C)(OC)[C@@H](O)[C@H](C)O2)[C@H](C)[C@@H](O[C@@H]2O[C@H](C)C[C@H](N(C)C)[C@H]2O)C(C)(O)C[C@H]1C. The lowest BCUT2D eigenvalue weighted by atomic mass is 9.78. The number of carbonyl (C=O) groups excluding carboxylic acids is 1. The number of aliphatic hydroxyl groups excluding tert-OH is 3. The summed E-state index contributed by atoms with van der Waals surface area (Å²) in [6, 6.07) is -0.500. The summed E-state index contributed by atoms with van der Waals surface area (Å²) in [4.78, 5) is 18.4. The van der Waals surface area contributed by atoms with E-state index in [4.69, 9.17) is 28.4 Å². The van der Waals surface area contributed by atoms with Crippen molar-refractivity contribution < 1.29 is 58.7 Å². The van der Waals surface area contributed by atoms with Gasteiger partial charge in [0.15, 0.2) is 12.6 Å². The Bertz CT molecular complexity index is 1180. The van der Waals surface area contributed by atoms with Gasteiger partial charge in [0.2, 0.25) is 0 Å². The van der Waals surface area contributed by atoms with Gasteiger partial charge in [0.25, 0.3) is 0 Å². The topological polar surface area (TPSA) is 180 Å². The fourth-order valence-corrected chi connectivity index (χ4v) is 9.13. The standard InChI is InChI=1S/C40H76N2O12/c1-15-17-42-21-22(3)33(44)40(11,48)29(16-2)52-36(46)26(7)32(53-30-20-39(10,49-14)34(45)27(8)51-30)25(6)35(38(9,47)19-23(42)4)54-37-31(43)28(41(12)13)18-24(5)50-37/h22-35,37,43-45,47-48H,15-21H2,1-14H3/t22-,23+,24+,25-,26+,27-,28-,29+,30+,31+,32-,33+,34-,35+,37-,38?,39+,40+/m0/s1. The van der Waals surface area contributed by atoms with Crippen molar-refractivity contribution in [3.63, 3.8) is 0 Å². The average molecular weight is 777 g/mol. The van der Waals surface area contributed by atoms with Crippen LogP contribution in [0.5, 0.6) is 0 Å². The van der Waals surface area contributed by atoms with E-state index in [-0.39, 0.29) is 37.5 Å². The maximum Gasteiger partial charge on any atom is 0.311 e. The molecule has 5 N–H and O–H groups in total. The summed E-state index contributed by atoms with van der Waals surface area (Å²) in [6.45, 7) is 20.9. The normalized spacial score (nSPS) is 48.2. The van der Waals surface area contributed by atoms with Gasteiger partial charge >= 0.3 is 5.97 Å². The number of nitrogens with zero attached hydrogens (tertiary/aromatic N) is 2. The number of aliphatic hydroxyl groups is 5. The van der Waals surface area contributed by atoms with Crippen molar-refractivity contribution >= 4 is 5.97 Å². The van der Waals surface area contributed by atoms with Crippen LogP contribution in [0.15, 0.2) is 0 Å². The molecule has 3 aliphatic heterocycles. The molecule has 14 heteroatoms. The lowest BCUT2D eigenvalue weighted by Crippen LogP contribution is -2.61. The van der Waals surface area contributed by atoms with Gasteiger partial charge in [-0.1, -0.05) is 27.7 Å². The van der Waals surface area contributed by atoms with Gasteiger partial charge in [0.05, 0.1) is 47.6 Å². The molecule has 3 saturated heterocycles. The minimum absolute atomic E-state index is 0.133. The molecular weight excluding hydrogens is 700 g/mol. The molecule has 3 aliphatic rings. The van der Waals surface area contributed by atoms with Gasteiger partial charge in [0, 0.05) is 38.1 Å². The number of esters is 1. The van der Waals surface area contributed by atoms with E-state index in [1.807, 2.05) is 46.7 Å². The second-order valence-electron chi connectivity index (χ2n) is 17.7. The van der Waals surface area contributed by atoms with Gasteiger partial charge in [0.1, 0.15) is 23.9 Å². The summed E-state index contributed by atoms with van der Waals surface area (Å²) >= 11 is 0. The number of rotatable bonds is 9. The Hall–Kier alpha value is -1.01. The van der Waals surface area contributed by atoms with Gasteiger partial charge in [-0.05, 0) is 101 Å². The van der Waals surface area contributed by atoms with E-state index < -0.39 is 95.8 Å². The van der Waals surface area contributed by atoms with Crippen molar-refractivity contribution in [2.24, 2.45) is 17.8 Å². The maximum atomic E-state index is 14.3. The fourth-order valence-electron chi connectivity index (χ4n) is 9.13. The van der Waals surface area contributed by atoms with E-state index in [9.17, 15) is 30.3 Å². The van der Waals surface area contributed by atoms with Crippen LogP contribution in [-0.4, -0.2) is 166 Å². The lowest BCUT2D eigenvalue weighted by molar-refractivity contribution is -0.318. The van der Waals surface area contributed by atoms with Crippen LogP contribution in [0.1, 0.15) is 108 Å². The van der Waals surface area contributed by atoms with Crippen molar-refractivity contribution in [3.05, 3.63) is 0 Å². The summed E-state index contributed by atoms with van der Waals surface area (Å²) < 4.78 is 37.8. The van der Waals surface area contributed by atoms with Crippen LogP contribution >= 0.6 is 0 Å². The first-order valence-corrected chi connectivity index (χ1v) is 20.2. The minimum atomic E-state index is -1.78. The van der Waals surface area contributed by atoms with Gasteiger partial charge in [-0.25, -0.2) is 0 Å². The minimum Gasteiger partial charge on any atom is -0.459 e. The number of methoxy groups -OCH3 is 1. The lowest BCUT2D eigenvalue weighted by Gasteiger charge is -2.49. The zero-order chi connectivity index (χ0) is 41.1. The molecule has 0 spiro atoms. The number of hydrogen-bond donors (Lipinski definition) is 5. The van der Waals surface area contributed by atoms with Gasteiger partial charge in [-0.15, -0.1) is 0 Å². The fraction of sp³-hybridized carbons (Fsp3) is 0.975. The van der Waals surface area contributed by atoms with E-state index in [0.29, 0.717) is 19.5 Å². The first-order valence-electron chi connectivity index (χ1n) is 20.2. The van der Waals surface area contributed by atoms with Gasteiger partial charge in [-0.2, -0.15) is 0 Å². The highest BCUT2D eigenvalue weighted by Gasteiger charge is 2.52. The number of cyclic esters (lactones) is 1. The summed E-state index contributed by atoms with van der Waals surface area (Å²) in [7, 11) is 5.29. The predicted octanol–water partition coefficient (Wildman–Crippen LogP) is 2.68. The van der Waals surface area contributed by atoms with Crippen LogP contribution < -0.4 is 0 Å². The second kappa shape index (κ2) is 19.2. The molecule has 3 fully saturated rings. The Kier molecular flexibility index (Phi) is 16.8. The number of hydrogen-bond acceptors (Lipinski definition) is 14. The third-order valence-corrected chi connectivity index (χ3v) is 12.6. The Balaban J connectivity index is 2.22. The average Bonchev–Trinajstić information content (AvgIpc) is 3.09. The van der Waals surface area contributed by atoms with E-state index in [2.05, 4.69) is 11.8 Å². The molecule has 0 aromatic carbocycles. The highest BCUT2D eigenvalue weighted by molar-refractivity contribution is 5.73. The van der Waals surface area contributed by atoms with Crippen LogP contribution in [-0.2, 0) is 33.2 Å². The van der Waals surface area contributed by atoms with Gasteiger partial charge < -0.3 is 63.8 Å². The molecule has 1 unspecified atom stereocenters. The van der Waals surface area contributed by atoms with E-state index in [1.54, 1.807) is 34.6 Å². The Morgan fingerprint density at radius 3 is 2.11 bits per heavy atom. The van der Waals surface area contributed by atoms with Crippen molar-refractivity contribution in [2.45, 2.75) is 199 Å². The highest BCUT2D eigenvalue weighted by atomic mass is 16.7. The molecule has 0 aromatic heterocycles. The molecule has 318 valence electrons. The third kappa shape index (κ3) is 10.7. The predicted molar refractivity (Wildman–Crippen MR) is 203 cm³/mol. The molecular formula is C40H76N2O12. The summed E-state index contributed by atoms with van der Waals surface area (Å²) in [6.07, 6.45) is -7.37. The molecule has 0 bridgehead atoms. The second-order valence-corrected chi connectivity index (χ2v) is 17.7. The molecule has 18 atom stereocenters. The van der Waals surface area contributed by atoms with Crippen molar-refractivity contribution in [1.82, 2.24) is 9.80 Å². The maximum absolute atomic E-state index is 14.3. The molecule has 0 amide bonds. The first-order chi connectivity index (χ1) is 24.9. The molecule has 0 saturated carbocycles. The molecule has 0 radical (unpaired) electrons. The van der Waals surface area contributed by atoms with Crippen LogP contribution in [0.4, 0.5) is 0 Å². The highest BCUT2D eigenvalue weighted by Crippen LogP contribution is 2.40. The monoisotopic (exact) mass is 777 g/mol. The van der Waals surface area contributed by atoms with Crippen LogP contribution in [0, 0.1) is 17.8 Å². The molecule has 0 aliphatic carbocycles. The summed E-state index contributed by atoms with van der Waals surface area (Å²) in [5.74, 6) is -2.87. The third-order valence-electron chi connectivity index (χ3n) is 12.6. The van der Waals surface area contributed by atoms with E-state index >= 15 is 0 Å². The number of likely N-dealkylation sites (N-methyl/N-ethyl adjacent to an activating group) is 1. The molecule has 0 aromatic rings. The van der Waals surface area contributed by atoms with Crippen LogP contribution in [0.3, 0.4) is 0 Å². The zero-order valence-electron chi connectivity index (χ0n) is 35.6. The summed E-state index contributed by atoms with van der Waals surface area (Å²) in [5, 5.41) is 58.7. The Morgan fingerprint density at radius 1 is 0.926 bits per heavy atom. The van der Waals surface area contributed by atoms with E-state index in [1.165, 1.54) is 14.0 Å². The Morgan fingerprint density at radius 2 is 1.56 bits per heavy atom. The van der Waals surface area contributed by atoms with Crippen molar-refractivity contribution in [1.29, 1.82) is 0 Å². The molecule has 3 rings (SSSR count).